The standard InChI is InChI=1S/C18H20N4OS.HI/c1-19-18(20-10-9-16-8-5-11-24-16)21-12-15-13-23-17(22-15)14-6-3-2-4-7-14;/h2-8,11,13H,9-10,12H2,1H3,(H2,19,20,21);1H. The van der Waals surface area contributed by atoms with Crippen LogP contribution in [0.3, 0.4) is 0 Å². The van der Waals surface area contributed by atoms with Gasteiger partial charge in [-0.15, -0.1) is 35.3 Å². The summed E-state index contributed by atoms with van der Waals surface area (Å²) in [6.07, 6.45) is 2.66. The maximum Gasteiger partial charge on any atom is 0.226 e. The highest BCUT2D eigenvalue weighted by Crippen LogP contribution is 2.17. The summed E-state index contributed by atoms with van der Waals surface area (Å²) in [5.41, 5.74) is 1.82. The molecule has 0 radical (unpaired) electrons. The van der Waals surface area contributed by atoms with Gasteiger partial charge in [0, 0.05) is 24.0 Å². The first-order chi connectivity index (χ1) is 11.8. The zero-order valence-corrected chi connectivity index (χ0v) is 17.1. The van der Waals surface area contributed by atoms with Crippen molar-refractivity contribution < 1.29 is 4.42 Å². The minimum Gasteiger partial charge on any atom is -0.444 e. The van der Waals surface area contributed by atoms with Crippen molar-refractivity contribution in [2.75, 3.05) is 13.6 Å². The van der Waals surface area contributed by atoms with Crippen molar-refractivity contribution in [2.45, 2.75) is 13.0 Å². The van der Waals surface area contributed by atoms with Crippen molar-refractivity contribution in [3.63, 3.8) is 0 Å². The van der Waals surface area contributed by atoms with Gasteiger partial charge in [-0.2, -0.15) is 0 Å². The van der Waals surface area contributed by atoms with Crippen LogP contribution in [-0.2, 0) is 13.0 Å². The molecule has 2 aromatic heterocycles. The van der Waals surface area contributed by atoms with Gasteiger partial charge in [0.1, 0.15) is 6.26 Å². The molecule has 0 spiro atoms. The Balaban J connectivity index is 0.00000225. The topological polar surface area (TPSA) is 62.5 Å². The van der Waals surface area contributed by atoms with Crippen molar-refractivity contribution >= 4 is 41.3 Å². The number of thiophene rings is 1. The van der Waals surface area contributed by atoms with Crippen LogP contribution in [0.5, 0.6) is 0 Å². The van der Waals surface area contributed by atoms with Crippen molar-refractivity contribution in [1.29, 1.82) is 0 Å². The second kappa shape index (κ2) is 10.2. The Morgan fingerprint density at radius 2 is 2.00 bits per heavy atom. The number of rotatable bonds is 6. The number of hydrogen-bond donors (Lipinski definition) is 2. The van der Waals surface area contributed by atoms with E-state index in [0.29, 0.717) is 12.4 Å². The average molecular weight is 468 g/mol. The lowest BCUT2D eigenvalue weighted by molar-refractivity contribution is 0.572. The molecule has 0 saturated heterocycles. The molecular weight excluding hydrogens is 447 g/mol. The number of oxazole rings is 1. The summed E-state index contributed by atoms with van der Waals surface area (Å²) in [4.78, 5) is 10.1. The molecule has 0 amide bonds. The van der Waals surface area contributed by atoms with Gasteiger partial charge >= 0.3 is 0 Å². The lowest BCUT2D eigenvalue weighted by atomic mass is 10.2. The van der Waals surface area contributed by atoms with Gasteiger partial charge in [-0.25, -0.2) is 4.98 Å². The Hall–Kier alpha value is -1.87. The highest BCUT2D eigenvalue weighted by Gasteiger charge is 2.07. The van der Waals surface area contributed by atoms with Crippen LogP contribution in [0.2, 0.25) is 0 Å². The van der Waals surface area contributed by atoms with E-state index in [2.05, 4.69) is 38.1 Å². The molecule has 0 atom stereocenters. The molecule has 0 aliphatic carbocycles. The fourth-order valence-corrected chi connectivity index (χ4v) is 2.96. The number of nitrogens with zero attached hydrogens (tertiary/aromatic N) is 2. The second-order valence-electron chi connectivity index (χ2n) is 5.19. The Kier molecular flexibility index (Phi) is 7.93. The first kappa shape index (κ1) is 19.5. The van der Waals surface area contributed by atoms with Gasteiger partial charge in [-0.05, 0) is 30.0 Å². The van der Waals surface area contributed by atoms with Crippen LogP contribution in [0.4, 0.5) is 0 Å². The van der Waals surface area contributed by atoms with Gasteiger partial charge < -0.3 is 15.1 Å². The van der Waals surface area contributed by atoms with Gasteiger partial charge in [0.05, 0.1) is 12.2 Å². The van der Waals surface area contributed by atoms with Crippen LogP contribution in [0.25, 0.3) is 11.5 Å². The largest absolute Gasteiger partial charge is 0.444 e. The van der Waals surface area contributed by atoms with Gasteiger partial charge in [0.2, 0.25) is 5.89 Å². The molecule has 132 valence electrons. The molecular formula is C18H21IN4OS. The highest BCUT2D eigenvalue weighted by atomic mass is 127. The summed E-state index contributed by atoms with van der Waals surface area (Å²) in [5.74, 6) is 1.39. The van der Waals surface area contributed by atoms with E-state index in [-0.39, 0.29) is 24.0 Å². The predicted molar refractivity (Wildman–Crippen MR) is 114 cm³/mol. The summed E-state index contributed by atoms with van der Waals surface area (Å²) < 4.78 is 5.54. The summed E-state index contributed by atoms with van der Waals surface area (Å²) in [6, 6.07) is 14.1. The first-order valence-corrected chi connectivity index (χ1v) is 8.70. The molecule has 0 aliphatic rings. The zero-order valence-electron chi connectivity index (χ0n) is 13.9. The van der Waals surface area contributed by atoms with E-state index in [0.717, 1.165) is 30.2 Å². The van der Waals surface area contributed by atoms with Crippen LogP contribution < -0.4 is 10.6 Å². The first-order valence-electron chi connectivity index (χ1n) is 7.82. The molecule has 7 heteroatoms. The molecule has 1 aromatic carbocycles. The van der Waals surface area contributed by atoms with E-state index >= 15 is 0 Å². The number of aromatic nitrogens is 1. The van der Waals surface area contributed by atoms with Crippen molar-refractivity contribution in [2.24, 2.45) is 4.99 Å². The van der Waals surface area contributed by atoms with E-state index in [4.69, 9.17) is 4.42 Å². The quantitative estimate of drug-likeness (QED) is 0.327. The van der Waals surface area contributed by atoms with Crippen LogP contribution in [0, 0.1) is 0 Å². The minimum atomic E-state index is 0. The molecule has 0 aliphatic heterocycles. The lowest BCUT2D eigenvalue weighted by Crippen LogP contribution is -2.37. The fraction of sp³-hybridized carbons (Fsp3) is 0.222. The van der Waals surface area contributed by atoms with E-state index < -0.39 is 0 Å². The number of nitrogens with one attached hydrogen (secondary N) is 2. The summed E-state index contributed by atoms with van der Waals surface area (Å²) in [7, 11) is 1.76. The Morgan fingerprint density at radius 3 is 2.72 bits per heavy atom. The Morgan fingerprint density at radius 1 is 1.16 bits per heavy atom. The number of guanidine groups is 1. The lowest BCUT2D eigenvalue weighted by Gasteiger charge is -2.10. The molecule has 2 heterocycles. The minimum absolute atomic E-state index is 0. The number of halogens is 1. The SMILES string of the molecule is CN=C(NCCc1cccs1)NCc1coc(-c2ccccc2)n1.I. The van der Waals surface area contributed by atoms with Crippen LogP contribution >= 0.6 is 35.3 Å². The Bertz CT molecular complexity index is 771. The molecule has 2 N–H and O–H groups in total. The van der Waals surface area contributed by atoms with Crippen molar-refractivity contribution in [1.82, 2.24) is 15.6 Å². The van der Waals surface area contributed by atoms with Crippen LogP contribution in [0.15, 0.2) is 63.5 Å². The maximum absolute atomic E-state index is 5.54. The monoisotopic (exact) mass is 468 g/mol. The third-order valence-electron chi connectivity index (χ3n) is 3.48. The number of aliphatic imine (C=N–C) groups is 1. The third kappa shape index (κ3) is 5.86. The van der Waals surface area contributed by atoms with Gasteiger partial charge in [-0.3, -0.25) is 4.99 Å². The molecule has 5 nitrogen and oxygen atoms in total. The zero-order chi connectivity index (χ0) is 16.6. The van der Waals surface area contributed by atoms with E-state index in [1.54, 1.807) is 24.6 Å². The van der Waals surface area contributed by atoms with Gasteiger partial charge in [0.15, 0.2) is 5.96 Å². The molecule has 0 saturated carbocycles. The molecule has 3 rings (SSSR count). The Labute approximate surface area is 168 Å². The van der Waals surface area contributed by atoms with Crippen molar-refractivity contribution in [3.05, 3.63) is 64.7 Å². The molecule has 0 bridgehead atoms. The molecule has 0 fully saturated rings. The summed E-state index contributed by atoms with van der Waals surface area (Å²) >= 11 is 1.77. The smallest absolute Gasteiger partial charge is 0.226 e. The number of hydrogen-bond acceptors (Lipinski definition) is 4. The summed E-state index contributed by atoms with van der Waals surface area (Å²) in [6.45, 7) is 1.41. The predicted octanol–water partition coefficient (Wildman–Crippen LogP) is 3.93. The van der Waals surface area contributed by atoms with Crippen molar-refractivity contribution in [3.8, 4) is 11.5 Å². The average Bonchev–Trinajstić information content (AvgIpc) is 3.30. The highest BCUT2D eigenvalue weighted by molar-refractivity contribution is 14.0. The molecule has 0 unspecified atom stereocenters. The molecule has 25 heavy (non-hydrogen) atoms. The van der Waals surface area contributed by atoms with Gasteiger partial charge in [-0.1, -0.05) is 24.3 Å². The van der Waals surface area contributed by atoms with E-state index in [1.165, 1.54) is 4.88 Å². The normalized spacial score (nSPS) is 11.0. The summed E-state index contributed by atoms with van der Waals surface area (Å²) in [5, 5.41) is 8.65. The molecule has 3 aromatic rings. The van der Waals surface area contributed by atoms with Gasteiger partial charge in [0.25, 0.3) is 0 Å². The van der Waals surface area contributed by atoms with E-state index in [1.807, 2.05) is 30.3 Å². The number of benzene rings is 1. The third-order valence-corrected chi connectivity index (χ3v) is 4.41. The van der Waals surface area contributed by atoms with Crippen LogP contribution in [-0.4, -0.2) is 24.5 Å². The second-order valence-corrected chi connectivity index (χ2v) is 6.22. The fourth-order valence-electron chi connectivity index (χ4n) is 2.26. The van der Waals surface area contributed by atoms with E-state index in [9.17, 15) is 0 Å². The maximum atomic E-state index is 5.54. The van der Waals surface area contributed by atoms with Crippen LogP contribution in [0.1, 0.15) is 10.6 Å².